The molecular weight excluding hydrogens is 540 g/mol. The molecule has 0 radical (unpaired) electrons. The predicted molar refractivity (Wildman–Crippen MR) is 155 cm³/mol. The molecule has 0 aliphatic heterocycles. The molecule has 0 bridgehead atoms. The summed E-state index contributed by atoms with van der Waals surface area (Å²) in [5, 5.41) is 14.6. The fourth-order valence-electron chi connectivity index (χ4n) is 5.27. The van der Waals surface area contributed by atoms with Gasteiger partial charge in [-0.05, 0) is 43.7 Å². The second-order valence-corrected chi connectivity index (χ2v) is 10.5. The minimum Gasteiger partial charge on any atom is -0.481 e. The van der Waals surface area contributed by atoms with Gasteiger partial charge in [-0.2, -0.15) is 0 Å². The number of nitrogens with one attached hydrogen (secondary N) is 2. The number of esters is 1. The van der Waals surface area contributed by atoms with Crippen molar-refractivity contribution in [1.82, 2.24) is 10.6 Å². The molecule has 0 aromatic heterocycles. The van der Waals surface area contributed by atoms with Crippen LogP contribution in [0.2, 0.25) is 0 Å². The molecule has 2 aliphatic carbocycles. The predicted octanol–water partition coefficient (Wildman–Crippen LogP) is 5.59. The number of alkyl carbamates (subject to hydrolysis) is 2. The Morgan fingerprint density at radius 2 is 1.10 bits per heavy atom. The molecule has 2 amide bonds. The van der Waals surface area contributed by atoms with Gasteiger partial charge in [-0.25, -0.2) is 9.59 Å². The van der Waals surface area contributed by atoms with Crippen molar-refractivity contribution >= 4 is 24.1 Å². The Morgan fingerprint density at radius 3 is 1.55 bits per heavy atom. The van der Waals surface area contributed by atoms with E-state index in [2.05, 4.69) is 10.6 Å². The van der Waals surface area contributed by atoms with Gasteiger partial charge in [0, 0.05) is 12.1 Å². The summed E-state index contributed by atoms with van der Waals surface area (Å²) in [5.41, 5.74) is 1.84. The maximum absolute atomic E-state index is 12.0. The third kappa shape index (κ3) is 11.1. The van der Waals surface area contributed by atoms with E-state index in [0.717, 1.165) is 49.7 Å². The maximum atomic E-state index is 12.0. The third-order valence-corrected chi connectivity index (χ3v) is 7.47. The Labute approximate surface area is 247 Å². The van der Waals surface area contributed by atoms with Crippen molar-refractivity contribution in [1.29, 1.82) is 0 Å². The zero-order valence-corrected chi connectivity index (χ0v) is 24.2. The lowest BCUT2D eigenvalue weighted by molar-refractivity contribution is -0.150. The highest BCUT2D eigenvalue weighted by molar-refractivity contribution is 5.75. The van der Waals surface area contributed by atoms with Gasteiger partial charge in [-0.3, -0.25) is 9.59 Å². The second-order valence-electron chi connectivity index (χ2n) is 10.5. The number of carboxylic acid groups (broad SMARTS) is 1. The van der Waals surface area contributed by atoms with Crippen molar-refractivity contribution in [3.63, 3.8) is 0 Å². The van der Waals surface area contributed by atoms with Gasteiger partial charge in [0.1, 0.15) is 13.2 Å². The molecule has 0 spiro atoms. The fraction of sp³-hybridized carbons (Fsp3) is 0.500. The first-order valence-electron chi connectivity index (χ1n) is 14.7. The van der Waals surface area contributed by atoms with Gasteiger partial charge >= 0.3 is 24.1 Å². The fourth-order valence-corrected chi connectivity index (χ4v) is 5.27. The number of benzene rings is 2. The average molecular weight is 583 g/mol. The van der Waals surface area contributed by atoms with E-state index in [-0.39, 0.29) is 37.2 Å². The number of carbonyl (C=O) groups excluding carboxylic acids is 3. The topological polar surface area (TPSA) is 140 Å². The minimum atomic E-state index is -0.849. The van der Waals surface area contributed by atoms with E-state index in [1.165, 1.54) is 0 Å². The Bertz CT molecular complexity index is 1130. The molecule has 10 nitrogen and oxygen atoms in total. The molecule has 42 heavy (non-hydrogen) atoms. The van der Waals surface area contributed by atoms with E-state index in [0.29, 0.717) is 19.4 Å². The first-order chi connectivity index (χ1) is 20.4. The van der Waals surface area contributed by atoms with Crippen molar-refractivity contribution < 1.29 is 38.5 Å². The van der Waals surface area contributed by atoms with Crippen LogP contribution in [-0.2, 0) is 37.0 Å². The number of ether oxygens (including phenoxy) is 3. The number of hydrogen-bond acceptors (Lipinski definition) is 7. The van der Waals surface area contributed by atoms with Crippen molar-refractivity contribution in [2.24, 2.45) is 11.8 Å². The van der Waals surface area contributed by atoms with E-state index in [1.54, 1.807) is 6.92 Å². The second kappa shape index (κ2) is 17.7. The summed E-state index contributed by atoms with van der Waals surface area (Å²) < 4.78 is 15.4. The number of carboxylic acids is 1. The lowest BCUT2D eigenvalue weighted by Gasteiger charge is -2.30. The molecule has 228 valence electrons. The van der Waals surface area contributed by atoms with Crippen LogP contribution in [0.15, 0.2) is 60.7 Å². The van der Waals surface area contributed by atoms with Crippen molar-refractivity contribution in [2.45, 2.75) is 83.6 Å². The smallest absolute Gasteiger partial charge is 0.407 e. The summed E-state index contributed by atoms with van der Waals surface area (Å²) >= 11 is 0. The molecule has 2 aliphatic rings. The molecule has 3 N–H and O–H groups in total. The van der Waals surface area contributed by atoms with Gasteiger partial charge in [0.25, 0.3) is 0 Å². The van der Waals surface area contributed by atoms with Crippen LogP contribution in [0.3, 0.4) is 0 Å². The first kappa shape index (κ1) is 32.4. The monoisotopic (exact) mass is 582 g/mol. The zero-order chi connectivity index (χ0) is 30.2. The number of rotatable bonds is 9. The van der Waals surface area contributed by atoms with Crippen LogP contribution >= 0.6 is 0 Å². The summed E-state index contributed by atoms with van der Waals surface area (Å²) in [4.78, 5) is 46.7. The maximum Gasteiger partial charge on any atom is 0.407 e. The van der Waals surface area contributed by atoms with E-state index < -0.39 is 24.1 Å². The Kier molecular flexibility index (Phi) is 13.6. The quantitative estimate of drug-likeness (QED) is 0.257. The summed E-state index contributed by atoms with van der Waals surface area (Å²) in [7, 11) is 0. The number of hydrogen-bond donors (Lipinski definition) is 3. The van der Waals surface area contributed by atoms with Crippen LogP contribution in [0.4, 0.5) is 9.59 Å². The van der Waals surface area contributed by atoms with Crippen LogP contribution in [0, 0.1) is 11.8 Å². The molecule has 2 aromatic rings. The molecule has 0 saturated heterocycles. The van der Waals surface area contributed by atoms with E-state index in [1.807, 2.05) is 60.7 Å². The molecule has 2 saturated carbocycles. The molecule has 0 unspecified atom stereocenters. The molecule has 4 rings (SSSR count). The lowest BCUT2D eigenvalue weighted by atomic mass is 9.84. The molecule has 0 heterocycles. The average Bonchev–Trinajstić information content (AvgIpc) is 3.01. The van der Waals surface area contributed by atoms with Crippen LogP contribution in [-0.4, -0.2) is 47.9 Å². The highest BCUT2D eigenvalue weighted by Crippen LogP contribution is 2.26. The first-order valence-corrected chi connectivity index (χ1v) is 14.7. The third-order valence-electron chi connectivity index (χ3n) is 7.47. The molecule has 2 aromatic carbocycles. The number of aliphatic carboxylic acids is 1. The van der Waals surface area contributed by atoms with Gasteiger partial charge in [-0.1, -0.05) is 86.3 Å². The molecule has 4 atom stereocenters. The van der Waals surface area contributed by atoms with Crippen LogP contribution < -0.4 is 10.6 Å². The van der Waals surface area contributed by atoms with E-state index >= 15 is 0 Å². The lowest BCUT2D eigenvalue weighted by Crippen LogP contribution is -2.45. The Hall–Kier alpha value is -4.08. The highest BCUT2D eigenvalue weighted by atomic mass is 16.6. The van der Waals surface area contributed by atoms with Crippen molar-refractivity contribution in [2.75, 3.05) is 6.61 Å². The van der Waals surface area contributed by atoms with Crippen LogP contribution in [0.25, 0.3) is 0 Å². The van der Waals surface area contributed by atoms with Gasteiger partial charge < -0.3 is 30.0 Å². The number of carbonyl (C=O) groups is 4. The molecule has 2 fully saturated rings. The summed E-state index contributed by atoms with van der Waals surface area (Å²) in [6.07, 6.45) is 5.63. The summed E-state index contributed by atoms with van der Waals surface area (Å²) in [6.45, 7) is 2.57. The molecular formula is C32H42N2O8. The summed E-state index contributed by atoms with van der Waals surface area (Å²) in [6, 6.07) is 18.4. The number of amides is 2. The largest absolute Gasteiger partial charge is 0.481 e. The van der Waals surface area contributed by atoms with Crippen molar-refractivity contribution in [3.05, 3.63) is 71.8 Å². The standard InChI is InChI=1S/C17H23NO4.C15H19NO4/c1-2-21-16(19)14-10-6-7-11-15(14)18-17(20)22-12-13-8-4-3-5-9-13;17-14(18)12-8-4-5-9-13(12)16-15(19)20-10-11-6-2-1-3-7-11/h3-5,8-9,14-15H,2,6-7,10-12H2,1H3,(H,18,20);1-3,6-7,12-13H,4-5,8-10H2,(H,16,19)(H,17,18)/t14-,15+;12-,13+/m11/s1. The minimum absolute atomic E-state index is 0.192. The van der Waals surface area contributed by atoms with Gasteiger partial charge in [0.05, 0.1) is 18.4 Å². The Morgan fingerprint density at radius 1 is 0.667 bits per heavy atom. The van der Waals surface area contributed by atoms with Gasteiger partial charge in [0.2, 0.25) is 0 Å². The van der Waals surface area contributed by atoms with E-state index in [4.69, 9.17) is 19.3 Å². The van der Waals surface area contributed by atoms with Crippen LogP contribution in [0.1, 0.15) is 69.4 Å². The Balaban J connectivity index is 0.000000231. The van der Waals surface area contributed by atoms with Gasteiger partial charge in [0.15, 0.2) is 0 Å². The van der Waals surface area contributed by atoms with Gasteiger partial charge in [-0.15, -0.1) is 0 Å². The van der Waals surface area contributed by atoms with Crippen molar-refractivity contribution in [3.8, 4) is 0 Å². The zero-order valence-electron chi connectivity index (χ0n) is 24.2. The normalized spacial score (nSPS) is 21.5. The van der Waals surface area contributed by atoms with E-state index in [9.17, 15) is 19.2 Å². The van der Waals surface area contributed by atoms with Crippen LogP contribution in [0.5, 0.6) is 0 Å². The molecule has 10 heteroatoms. The SMILES string of the molecule is CCOC(=O)[C@@H]1CCCC[C@@H]1NC(=O)OCc1ccccc1.O=C(N[C@H]1CCCC[C@H]1C(=O)O)OCc1ccccc1. The summed E-state index contributed by atoms with van der Waals surface area (Å²) in [5.74, 6) is -1.85. The highest BCUT2D eigenvalue weighted by Gasteiger charge is 2.34.